The maximum Gasteiger partial charge on any atom is 0.303 e. The molecule has 0 radical (unpaired) electrons. The highest BCUT2D eigenvalue weighted by Crippen LogP contribution is 2.20. The van der Waals surface area contributed by atoms with E-state index in [2.05, 4.69) is 11.9 Å². The number of hydrogen-bond acceptors (Lipinski definition) is 2. The standard InChI is InChI=1S/C13H25NO2/c1-14(11-7-10-13(15)16)12-8-5-3-2-4-6-9-12/h12H,2-11H2,1H3,(H,15,16). The molecule has 1 fully saturated rings. The van der Waals surface area contributed by atoms with Crippen LogP contribution in [0.3, 0.4) is 0 Å². The quantitative estimate of drug-likeness (QED) is 0.785. The first kappa shape index (κ1) is 13.5. The van der Waals surface area contributed by atoms with Gasteiger partial charge in [-0.25, -0.2) is 0 Å². The molecule has 1 aliphatic rings. The molecule has 0 unspecified atom stereocenters. The molecule has 1 saturated carbocycles. The van der Waals surface area contributed by atoms with Gasteiger partial charge in [-0.3, -0.25) is 4.79 Å². The van der Waals surface area contributed by atoms with Gasteiger partial charge in [-0.1, -0.05) is 32.1 Å². The summed E-state index contributed by atoms with van der Waals surface area (Å²) in [5.41, 5.74) is 0. The smallest absolute Gasteiger partial charge is 0.303 e. The molecule has 0 atom stereocenters. The Morgan fingerprint density at radius 3 is 2.31 bits per heavy atom. The molecule has 3 nitrogen and oxygen atoms in total. The van der Waals surface area contributed by atoms with E-state index in [-0.39, 0.29) is 0 Å². The Hall–Kier alpha value is -0.570. The zero-order chi connectivity index (χ0) is 11.8. The highest BCUT2D eigenvalue weighted by molar-refractivity contribution is 5.66. The normalized spacial score (nSPS) is 19.4. The Morgan fingerprint density at radius 2 is 1.75 bits per heavy atom. The predicted octanol–water partition coefficient (Wildman–Crippen LogP) is 2.90. The second kappa shape index (κ2) is 7.66. The number of aliphatic carboxylic acids is 1. The second-order valence-corrected chi connectivity index (χ2v) is 4.98. The number of nitrogens with zero attached hydrogens (tertiary/aromatic N) is 1. The minimum atomic E-state index is -0.675. The van der Waals surface area contributed by atoms with Gasteiger partial charge in [-0.2, -0.15) is 0 Å². The summed E-state index contributed by atoms with van der Waals surface area (Å²) in [5, 5.41) is 8.60. The fourth-order valence-electron chi connectivity index (χ4n) is 2.54. The fourth-order valence-corrected chi connectivity index (χ4v) is 2.54. The van der Waals surface area contributed by atoms with Gasteiger partial charge in [0.25, 0.3) is 0 Å². The zero-order valence-electron chi connectivity index (χ0n) is 10.5. The first-order valence-electron chi connectivity index (χ1n) is 6.62. The first-order valence-corrected chi connectivity index (χ1v) is 6.62. The lowest BCUT2D eigenvalue weighted by Gasteiger charge is -2.29. The Kier molecular flexibility index (Phi) is 6.46. The average Bonchev–Trinajstić information content (AvgIpc) is 2.15. The molecular formula is C13H25NO2. The molecule has 0 spiro atoms. The molecule has 3 heteroatoms. The number of carboxylic acid groups (broad SMARTS) is 1. The molecule has 0 amide bonds. The van der Waals surface area contributed by atoms with Crippen LogP contribution in [0, 0.1) is 0 Å². The Bertz CT molecular complexity index is 198. The molecule has 94 valence electrons. The maximum absolute atomic E-state index is 10.4. The van der Waals surface area contributed by atoms with Crippen LogP contribution in [-0.4, -0.2) is 35.6 Å². The number of carbonyl (C=O) groups is 1. The van der Waals surface area contributed by atoms with Gasteiger partial charge < -0.3 is 10.0 Å². The van der Waals surface area contributed by atoms with Crippen molar-refractivity contribution in [3.63, 3.8) is 0 Å². The summed E-state index contributed by atoms with van der Waals surface area (Å²) < 4.78 is 0. The van der Waals surface area contributed by atoms with Gasteiger partial charge in [0.2, 0.25) is 0 Å². The van der Waals surface area contributed by atoms with Crippen LogP contribution < -0.4 is 0 Å². The van der Waals surface area contributed by atoms with Crippen LogP contribution in [0.15, 0.2) is 0 Å². The topological polar surface area (TPSA) is 40.5 Å². The van der Waals surface area contributed by atoms with E-state index in [0.717, 1.165) is 13.0 Å². The Morgan fingerprint density at radius 1 is 1.19 bits per heavy atom. The molecule has 0 aliphatic heterocycles. The number of rotatable bonds is 5. The molecule has 0 aromatic heterocycles. The largest absolute Gasteiger partial charge is 0.481 e. The van der Waals surface area contributed by atoms with Crippen molar-refractivity contribution in [1.29, 1.82) is 0 Å². The van der Waals surface area contributed by atoms with E-state index in [4.69, 9.17) is 5.11 Å². The van der Waals surface area contributed by atoms with Crippen molar-refractivity contribution in [2.75, 3.05) is 13.6 Å². The third kappa shape index (κ3) is 5.50. The third-order valence-corrected chi connectivity index (χ3v) is 3.60. The van der Waals surface area contributed by atoms with E-state index in [1.165, 1.54) is 44.9 Å². The lowest BCUT2D eigenvalue weighted by Crippen LogP contribution is -2.33. The maximum atomic E-state index is 10.4. The van der Waals surface area contributed by atoms with E-state index in [9.17, 15) is 4.79 Å². The summed E-state index contributed by atoms with van der Waals surface area (Å²) in [5.74, 6) is -0.675. The molecule has 1 aliphatic carbocycles. The molecule has 0 aromatic carbocycles. The molecular weight excluding hydrogens is 202 g/mol. The van der Waals surface area contributed by atoms with Crippen molar-refractivity contribution in [3.05, 3.63) is 0 Å². The van der Waals surface area contributed by atoms with Crippen LogP contribution >= 0.6 is 0 Å². The highest BCUT2D eigenvalue weighted by Gasteiger charge is 2.15. The van der Waals surface area contributed by atoms with Crippen LogP contribution in [0.1, 0.15) is 57.8 Å². The van der Waals surface area contributed by atoms with Crippen molar-refractivity contribution < 1.29 is 9.90 Å². The van der Waals surface area contributed by atoms with Crippen molar-refractivity contribution >= 4 is 5.97 Å². The monoisotopic (exact) mass is 227 g/mol. The van der Waals surface area contributed by atoms with Crippen LogP contribution in [0.25, 0.3) is 0 Å². The van der Waals surface area contributed by atoms with Crippen LogP contribution in [-0.2, 0) is 4.79 Å². The summed E-state index contributed by atoms with van der Waals surface area (Å²) >= 11 is 0. The van der Waals surface area contributed by atoms with Crippen molar-refractivity contribution in [2.45, 2.75) is 63.8 Å². The SMILES string of the molecule is CN(CCCC(=O)O)C1CCCCCCC1. The predicted molar refractivity (Wildman–Crippen MR) is 65.6 cm³/mol. The minimum absolute atomic E-state index is 0.303. The second-order valence-electron chi connectivity index (χ2n) is 4.98. The van der Waals surface area contributed by atoms with Gasteiger partial charge in [0.1, 0.15) is 0 Å². The van der Waals surface area contributed by atoms with Crippen LogP contribution in [0.4, 0.5) is 0 Å². The minimum Gasteiger partial charge on any atom is -0.481 e. The third-order valence-electron chi connectivity index (χ3n) is 3.60. The molecule has 0 saturated heterocycles. The molecule has 0 aromatic rings. The highest BCUT2D eigenvalue weighted by atomic mass is 16.4. The van der Waals surface area contributed by atoms with Gasteiger partial charge >= 0.3 is 5.97 Å². The summed E-state index contributed by atoms with van der Waals surface area (Å²) in [6, 6.07) is 0.689. The summed E-state index contributed by atoms with van der Waals surface area (Å²) in [6.07, 6.45) is 10.5. The zero-order valence-corrected chi connectivity index (χ0v) is 10.5. The Balaban J connectivity index is 2.21. The summed E-state index contributed by atoms with van der Waals surface area (Å²) in [6.45, 7) is 0.928. The van der Waals surface area contributed by atoms with Gasteiger partial charge in [0, 0.05) is 12.5 Å². The summed E-state index contributed by atoms with van der Waals surface area (Å²) in [7, 11) is 2.15. The van der Waals surface area contributed by atoms with Gasteiger partial charge in [-0.15, -0.1) is 0 Å². The van der Waals surface area contributed by atoms with Gasteiger partial charge in [0.05, 0.1) is 0 Å². The number of hydrogen-bond donors (Lipinski definition) is 1. The molecule has 16 heavy (non-hydrogen) atoms. The molecule has 1 N–H and O–H groups in total. The van der Waals surface area contributed by atoms with Crippen molar-refractivity contribution in [3.8, 4) is 0 Å². The molecule has 0 bridgehead atoms. The molecule has 1 rings (SSSR count). The van der Waals surface area contributed by atoms with Gasteiger partial charge in [-0.05, 0) is 32.9 Å². The van der Waals surface area contributed by atoms with E-state index >= 15 is 0 Å². The van der Waals surface area contributed by atoms with E-state index < -0.39 is 5.97 Å². The molecule has 0 heterocycles. The van der Waals surface area contributed by atoms with E-state index in [1.807, 2.05) is 0 Å². The number of carboxylic acids is 1. The van der Waals surface area contributed by atoms with Crippen LogP contribution in [0.2, 0.25) is 0 Å². The lowest BCUT2D eigenvalue weighted by molar-refractivity contribution is -0.137. The average molecular weight is 227 g/mol. The van der Waals surface area contributed by atoms with Crippen LogP contribution in [0.5, 0.6) is 0 Å². The van der Waals surface area contributed by atoms with E-state index in [0.29, 0.717) is 12.5 Å². The first-order chi connectivity index (χ1) is 7.70. The lowest BCUT2D eigenvalue weighted by atomic mass is 9.96. The Labute approximate surface area is 98.8 Å². The van der Waals surface area contributed by atoms with Crippen molar-refractivity contribution in [2.24, 2.45) is 0 Å². The van der Waals surface area contributed by atoms with Gasteiger partial charge in [0.15, 0.2) is 0 Å². The van der Waals surface area contributed by atoms with Crippen molar-refractivity contribution in [1.82, 2.24) is 4.90 Å². The fraction of sp³-hybridized carbons (Fsp3) is 0.923. The van der Waals surface area contributed by atoms with E-state index in [1.54, 1.807) is 0 Å². The summed E-state index contributed by atoms with van der Waals surface area (Å²) in [4.78, 5) is 12.8.